The van der Waals surface area contributed by atoms with Gasteiger partial charge in [-0.1, -0.05) is 6.07 Å². The molecule has 34 heavy (non-hydrogen) atoms. The van der Waals surface area contributed by atoms with Crippen LogP contribution >= 0.6 is 0 Å². The van der Waals surface area contributed by atoms with E-state index in [1.54, 1.807) is 47.4 Å². The number of carbonyl (C=O) groups excluding carboxylic acids is 2. The lowest BCUT2D eigenvalue weighted by molar-refractivity contribution is 0.0511. The van der Waals surface area contributed by atoms with E-state index in [1.807, 2.05) is 43.3 Å². The van der Waals surface area contributed by atoms with Crippen LogP contribution in [0.3, 0.4) is 0 Å². The molecule has 4 rings (SSSR count). The molecule has 0 saturated heterocycles. The third-order valence-corrected chi connectivity index (χ3v) is 4.74. The van der Waals surface area contributed by atoms with Crippen LogP contribution < -0.4 is 5.32 Å². The lowest BCUT2D eigenvalue weighted by atomic mass is 10.3. The first-order chi connectivity index (χ1) is 16.4. The predicted octanol–water partition coefficient (Wildman–Crippen LogP) is 3.30. The van der Waals surface area contributed by atoms with Gasteiger partial charge in [-0.3, -0.25) is 8.80 Å². The standard InChI is InChI=1S/C23H25N7O4/c1-5-33-22(31)16-12-29-19(8-7-9-20(29)26-16)25-15-10-11-18(24-14-28(3)4)30-13-17(27-21(15)30)23(32)34-6-2/h7-14,25H,5-6H2,1-4H3. The molecule has 0 bridgehead atoms. The quantitative estimate of drug-likeness (QED) is 0.240. The van der Waals surface area contributed by atoms with E-state index in [4.69, 9.17) is 9.47 Å². The molecule has 0 atom stereocenters. The highest BCUT2D eigenvalue weighted by molar-refractivity contribution is 5.90. The van der Waals surface area contributed by atoms with Crippen LogP contribution in [0.1, 0.15) is 34.8 Å². The highest BCUT2D eigenvalue weighted by Gasteiger charge is 2.18. The maximum Gasteiger partial charge on any atom is 0.358 e. The van der Waals surface area contributed by atoms with E-state index >= 15 is 0 Å². The summed E-state index contributed by atoms with van der Waals surface area (Å²) in [5, 5.41) is 3.32. The van der Waals surface area contributed by atoms with Crippen molar-refractivity contribution in [2.45, 2.75) is 13.8 Å². The smallest absolute Gasteiger partial charge is 0.358 e. The molecule has 11 nitrogen and oxygen atoms in total. The molecule has 176 valence electrons. The zero-order valence-corrected chi connectivity index (χ0v) is 19.3. The summed E-state index contributed by atoms with van der Waals surface area (Å²) < 4.78 is 13.6. The Hall–Kier alpha value is -4.41. The molecule has 0 amide bonds. The lowest BCUT2D eigenvalue weighted by Crippen LogP contribution is -2.07. The van der Waals surface area contributed by atoms with Crippen LogP contribution in [0.4, 0.5) is 17.3 Å². The fraction of sp³-hybridized carbons (Fsp3) is 0.261. The highest BCUT2D eigenvalue weighted by Crippen LogP contribution is 2.27. The van der Waals surface area contributed by atoms with Crippen molar-refractivity contribution < 1.29 is 19.1 Å². The molecular weight excluding hydrogens is 438 g/mol. The van der Waals surface area contributed by atoms with Gasteiger partial charge in [-0.15, -0.1) is 0 Å². The molecule has 0 fully saturated rings. The van der Waals surface area contributed by atoms with Gasteiger partial charge >= 0.3 is 11.9 Å². The Morgan fingerprint density at radius 1 is 1.00 bits per heavy atom. The summed E-state index contributed by atoms with van der Waals surface area (Å²) in [4.78, 5) is 39.6. The van der Waals surface area contributed by atoms with Crippen molar-refractivity contribution in [3.05, 3.63) is 54.1 Å². The number of pyridine rings is 2. The Labute approximate surface area is 195 Å². The van der Waals surface area contributed by atoms with E-state index < -0.39 is 11.9 Å². The third kappa shape index (κ3) is 4.53. The molecule has 0 aliphatic heterocycles. The average molecular weight is 463 g/mol. The van der Waals surface area contributed by atoms with Crippen LogP contribution in [-0.2, 0) is 9.47 Å². The number of hydrogen-bond acceptors (Lipinski definition) is 8. The number of nitrogens with zero attached hydrogens (tertiary/aromatic N) is 6. The SMILES string of the molecule is CCOC(=O)c1cn2c(Nc3ccc(N=CN(C)C)n4cc(C(=O)OCC)nc34)cccc2n1. The number of aliphatic imine (C=N–C) groups is 1. The van der Waals surface area contributed by atoms with Gasteiger partial charge in [-0.25, -0.2) is 24.5 Å². The first kappa shape index (κ1) is 22.8. The molecule has 0 unspecified atom stereocenters. The normalized spacial score (nSPS) is 11.3. The molecular formula is C23H25N7O4. The van der Waals surface area contributed by atoms with Gasteiger partial charge in [0.2, 0.25) is 0 Å². The van der Waals surface area contributed by atoms with Crippen molar-refractivity contribution in [1.29, 1.82) is 0 Å². The molecule has 11 heteroatoms. The van der Waals surface area contributed by atoms with Gasteiger partial charge < -0.3 is 19.7 Å². The van der Waals surface area contributed by atoms with Crippen LogP contribution in [0.25, 0.3) is 11.3 Å². The molecule has 0 spiro atoms. The van der Waals surface area contributed by atoms with Crippen molar-refractivity contribution >= 4 is 46.9 Å². The average Bonchev–Trinajstić information content (AvgIpc) is 3.45. The summed E-state index contributed by atoms with van der Waals surface area (Å²) >= 11 is 0. The number of aromatic nitrogens is 4. The Bertz CT molecular complexity index is 1390. The van der Waals surface area contributed by atoms with E-state index in [9.17, 15) is 9.59 Å². The van der Waals surface area contributed by atoms with Gasteiger partial charge in [0.15, 0.2) is 17.0 Å². The second-order valence-electron chi connectivity index (χ2n) is 7.46. The number of hydrogen-bond donors (Lipinski definition) is 1. The van der Waals surface area contributed by atoms with E-state index in [1.165, 1.54) is 0 Å². The van der Waals surface area contributed by atoms with Gasteiger partial charge in [-0.05, 0) is 38.1 Å². The summed E-state index contributed by atoms with van der Waals surface area (Å²) in [5.41, 5.74) is 2.06. The van der Waals surface area contributed by atoms with Crippen molar-refractivity contribution in [3.8, 4) is 0 Å². The van der Waals surface area contributed by atoms with E-state index in [-0.39, 0.29) is 24.6 Å². The number of imidazole rings is 2. The van der Waals surface area contributed by atoms with Crippen molar-refractivity contribution in [2.75, 3.05) is 32.6 Å². The number of anilines is 2. The van der Waals surface area contributed by atoms with Gasteiger partial charge in [0.1, 0.15) is 17.3 Å². The first-order valence-electron chi connectivity index (χ1n) is 10.7. The molecule has 0 aromatic carbocycles. The van der Waals surface area contributed by atoms with E-state index in [0.29, 0.717) is 28.6 Å². The summed E-state index contributed by atoms with van der Waals surface area (Å²) in [6.07, 6.45) is 4.87. The fourth-order valence-corrected chi connectivity index (χ4v) is 3.29. The van der Waals surface area contributed by atoms with Crippen LogP contribution in [0, 0.1) is 0 Å². The molecule has 0 aliphatic carbocycles. The Kier molecular flexibility index (Phi) is 6.44. The molecule has 0 radical (unpaired) electrons. The number of nitrogens with one attached hydrogen (secondary N) is 1. The van der Waals surface area contributed by atoms with Crippen LogP contribution in [0.15, 0.2) is 47.7 Å². The number of esters is 2. The minimum atomic E-state index is -0.518. The molecule has 1 N–H and O–H groups in total. The van der Waals surface area contributed by atoms with Gasteiger partial charge in [0.25, 0.3) is 0 Å². The predicted molar refractivity (Wildman–Crippen MR) is 127 cm³/mol. The number of ether oxygens (including phenoxy) is 2. The van der Waals surface area contributed by atoms with Gasteiger partial charge in [0, 0.05) is 26.5 Å². The Morgan fingerprint density at radius 3 is 2.35 bits per heavy atom. The van der Waals surface area contributed by atoms with Crippen LogP contribution in [0.2, 0.25) is 0 Å². The zero-order chi connectivity index (χ0) is 24.2. The maximum atomic E-state index is 12.3. The molecule has 4 aromatic rings. The van der Waals surface area contributed by atoms with Crippen LogP contribution in [-0.4, -0.2) is 69.3 Å². The van der Waals surface area contributed by atoms with Crippen LogP contribution in [0.5, 0.6) is 0 Å². The maximum absolute atomic E-state index is 12.3. The van der Waals surface area contributed by atoms with Crippen molar-refractivity contribution in [1.82, 2.24) is 23.7 Å². The summed E-state index contributed by atoms with van der Waals surface area (Å²) in [5.74, 6) is 0.223. The van der Waals surface area contributed by atoms with E-state index in [2.05, 4.69) is 20.3 Å². The first-order valence-corrected chi connectivity index (χ1v) is 10.7. The minimum absolute atomic E-state index is 0.169. The minimum Gasteiger partial charge on any atom is -0.461 e. The topological polar surface area (TPSA) is 115 Å². The zero-order valence-electron chi connectivity index (χ0n) is 19.3. The third-order valence-electron chi connectivity index (χ3n) is 4.74. The Morgan fingerprint density at radius 2 is 1.68 bits per heavy atom. The van der Waals surface area contributed by atoms with Crippen molar-refractivity contribution in [3.63, 3.8) is 0 Å². The highest BCUT2D eigenvalue weighted by atomic mass is 16.5. The number of rotatable bonds is 8. The monoisotopic (exact) mass is 463 g/mol. The van der Waals surface area contributed by atoms with E-state index in [0.717, 1.165) is 0 Å². The summed E-state index contributed by atoms with van der Waals surface area (Å²) in [6, 6.07) is 9.08. The number of fused-ring (bicyclic) bond motifs is 2. The molecule has 0 aliphatic rings. The molecule has 0 saturated carbocycles. The molecule has 4 heterocycles. The second kappa shape index (κ2) is 9.61. The number of carbonyl (C=O) groups is 2. The lowest BCUT2D eigenvalue weighted by Gasteiger charge is -2.11. The van der Waals surface area contributed by atoms with Gasteiger partial charge in [0.05, 0.1) is 25.2 Å². The summed E-state index contributed by atoms with van der Waals surface area (Å²) in [6.45, 7) is 3.99. The second-order valence-corrected chi connectivity index (χ2v) is 7.46. The summed E-state index contributed by atoms with van der Waals surface area (Å²) in [7, 11) is 3.73. The largest absolute Gasteiger partial charge is 0.461 e. The van der Waals surface area contributed by atoms with Gasteiger partial charge in [-0.2, -0.15) is 0 Å². The fourth-order valence-electron chi connectivity index (χ4n) is 3.29. The Balaban J connectivity index is 1.78. The molecule has 4 aromatic heterocycles. The van der Waals surface area contributed by atoms with Crippen molar-refractivity contribution in [2.24, 2.45) is 4.99 Å².